The van der Waals surface area contributed by atoms with Crippen LogP contribution in [-0.2, 0) is 6.54 Å². The molecule has 0 spiro atoms. The van der Waals surface area contributed by atoms with Crippen LogP contribution in [-0.4, -0.2) is 49.5 Å². The SMILES string of the molecule is CNCc1[nH]c(C(=O)O)c(C(O)C2CC2)c1-c1ccc(OC)c(OC)c1OC. The second-order valence-corrected chi connectivity index (χ2v) is 6.77. The van der Waals surface area contributed by atoms with Crippen LogP contribution in [0.2, 0.25) is 0 Å². The molecule has 0 aliphatic heterocycles. The molecule has 1 aliphatic carbocycles. The van der Waals surface area contributed by atoms with Crippen LogP contribution in [0.4, 0.5) is 0 Å². The number of carboxylic acid groups (broad SMARTS) is 1. The summed E-state index contributed by atoms with van der Waals surface area (Å²) in [5, 5.41) is 23.7. The molecular weight excluding hydrogens is 364 g/mol. The fourth-order valence-electron chi connectivity index (χ4n) is 3.60. The minimum absolute atomic E-state index is 0.00325. The largest absolute Gasteiger partial charge is 0.493 e. The molecule has 1 unspecified atom stereocenters. The van der Waals surface area contributed by atoms with E-state index in [1.807, 2.05) is 0 Å². The molecule has 152 valence electrons. The van der Waals surface area contributed by atoms with E-state index in [2.05, 4.69) is 10.3 Å². The van der Waals surface area contributed by atoms with E-state index in [4.69, 9.17) is 14.2 Å². The number of H-pyrrole nitrogens is 1. The molecule has 0 amide bonds. The van der Waals surface area contributed by atoms with E-state index in [0.717, 1.165) is 12.8 Å². The second-order valence-electron chi connectivity index (χ2n) is 6.77. The number of aromatic amines is 1. The van der Waals surface area contributed by atoms with Gasteiger partial charge in [-0.15, -0.1) is 0 Å². The third-order valence-electron chi connectivity index (χ3n) is 5.02. The summed E-state index contributed by atoms with van der Waals surface area (Å²) in [5.74, 6) is 0.262. The van der Waals surface area contributed by atoms with Gasteiger partial charge in [-0.3, -0.25) is 0 Å². The van der Waals surface area contributed by atoms with E-state index in [1.54, 1.807) is 19.2 Å². The molecular formula is C20H26N2O6. The maximum Gasteiger partial charge on any atom is 0.352 e. The summed E-state index contributed by atoms with van der Waals surface area (Å²) in [6.45, 7) is 0.393. The Balaban J connectivity index is 2.32. The highest BCUT2D eigenvalue weighted by Crippen LogP contribution is 2.50. The summed E-state index contributed by atoms with van der Waals surface area (Å²) < 4.78 is 16.4. The van der Waals surface area contributed by atoms with Crippen molar-refractivity contribution in [1.82, 2.24) is 10.3 Å². The van der Waals surface area contributed by atoms with Gasteiger partial charge in [0.15, 0.2) is 11.5 Å². The molecule has 1 fully saturated rings. The molecule has 1 aromatic heterocycles. The third kappa shape index (κ3) is 3.41. The predicted molar refractivity (Wildman–Crippen MR) is 103 cm³/mol. The first-order chi connectivity index (χ1) is 13.5. The summed E-state index contributed by atoms with van der Waals surface area (Å²) in [4.78, 5) is 14.9. The normalized spacial score (nSPS) is 14.6. The van der Waals surface area contributed by atoms with Crippen LogP contribution in [0.5, 0.6) is 17.2 Å². The lowest BCUT2D eigenvalue weighted by Gasteiger charge is -2.19. The lowest BCUT2D eigenvalue weighted by atomic mass is 9.93. The van der Waals surface area contributed by atoms with E-state index in [1.165, 1.54) is 21.3 Å². The van der Waals surface area contributed by atoms with Gasteiger partial charge < -0.3 is 34.7 Å². The molecule has 8 heteroatoms. The highest BCUT2D eigenvalue weighted by Gasteiger charge is 2.38. The summed E-state index contributed by atoms with van der Waals surface area (Å²) in [7, 11) is 6.33. The first-order valence-electron chi connectivity index (χ1n) is 9.08. The quantitative estimate of drug-likeness (QED) is 0.520. The summed E-state index contributed by atoms with van der Waals surface area (Å²) in [6, 6.07) is 3.53. The van der Waals surface area contributed by atoms with Crippen LogP contribution in [0.3, 0.4) is 0 Å². The van der Waals surface area contributed by atoms with Gasteiger partial charge in [-0.2, -0.15) is 0 Å². The average Bonchev–Trinajstić information content (AvgIpc) is 3.47. The van der Waals surface area contributed by atoms with Crippen LogP contribution >= 0.6 is 0 Å². The predicted octanol–water partition coefficient (Wildman–Crippen LogP) is 2.57. The third-order valence-corrected chi connectivity index (χ3v) is 5.02. The molecule has 4 N–H and O–H groups in total. The van der Waals surface area contributed by atoms with E-state index in [-0.39, 0.29) is 11.6 Å². The number of ether oxygens (including phenoxy) is 3. The fraction of sp³-hybridized carbons (Fsp3) is 0.450. The number of aromatic carboxylic acids is 1. The van der Waals surface area contributed by atoms with Gasteiger partial charge in [-0.1, -0.05) is 0 Å². The summed E-state index contributed by atoms with van der Waals surface area (Å²) >= 11 is 0. The van der Waals surface area contributed by atoms with Gasteiger partial charge in [0, 0.05) is 28.9 Å². The minimum Gasteiger partial charge on any atom is -0.493 e. The van der Waals surface area contributed by atoms with Crippen molar-refractivity contribution >= 4 is 5.97 Å². The van der Waals surface area contributed by atoms with Crippen molar-refractivity contribution in [2.45, 2.75) is 25.5 Å². The van der Waals surface area contributed by atoms with Crippen LogP contribution in [0.25, 0.3) is 11.1 Å². The molecule has 8 nitrogen and oxygen atoms in total. The van der Waals surface area contributed by atoms with Crippen LogP contribution in [0.15, 0.2) is 12.1 Å². The monoisotopic (exact) mass is 390 g/mol. The number of aliphatic hydroxyl groups is 1. The molecule has 1 aromatic carbocycles. The highest BCUT2D eigenvalue weighted by atomic mass is 16.5. The number of carbonyl (C=O) groups is 1. The van der Waals surface area contributed by atoms with Crippen molar-refractivity contribution in [1.29, 1.82) is 0 Å². The lowest BCUT2D eigenvalue weighted by molar-refractivity contribution is 0.0681. The Morgan fingerprint density at radius 1 is 1.21 bits per heavy atom. The zero-order valence-corrected chi connectivity index (χ0v) is 16.5. The molecule has 0 saturated heterocycles. The Labute approximate surface area is 163 Å². The van der Waals surface area contributed by atoms with Gasteiger partial charge in [-0.25, -0.2) is 4.79 Å². The van der Waals surface area contributed by atoms with E-state index >= 15 is 0 Å². The fourth-order valence-corrected chi connectivity index (χ4v) is 3.60. The Morgan fingerprint density at radius 2 is 1.89 bits per heavy atom. The molecule has 28 heavy (non-hydrogen) atoms. The van der Waals surface area contributed by atoms with Crippen molar-refractivity contribution in [2.24, 2.45) is 5.92 Å². The van der Waals surface area contributed by atoms with Gasteiger partial charge in [0.2, 0.25) is 5.75 Å². The first kappa shape index (κ1) is 20.0. The van der Waals surface area contributed by atoms with Crippen molar-refractivity contribution in [3.63, 3.8) is 0 Å². The number of aliphatic hydroxyl groups excluding tert-OH is 1. The maximum atomic E-state index is 11.9. The minimum atomic E-state index is -1.11. The number of carboxylic acids is 1. The molecule has 3 rings (SSSR count). The number of aromatic nitrogens is 1. The van der Waals surface area contributed by atoms with Gasteiger partial charge in [0.05, 0.1) is 27.4 Å². The molecule has 1 aliphatic rings. The van der Waals surface area contributed by atoms with Crippen molar-refractivity contribution in [3.05, 3.63) is 29.1 Å². The Morgan fingerprint density at radius 3 is 2.39 bits per heavy atom. The Hall–Kier alpha value is -2.71. The number of rotatable bonds is 9. The number of hydrogen-bond donors (Lipinski definition) is 4. The van der Waals surface area contributed by atoms with Crippen molar-refractivity contribution < 1.29 is 29.2 Å². The van der Waals surface area contributed by atoms with Gasteiger partial charge in [-0.05, 0) is 37.9 Å². The average molecular weight is 390 g/mol. The summed E-state index contributed by atoms with van der Waals surface area (Å²) in [6.07, 6.45) is 0.866. The van der Waals surface area contributed by atoms with Gasteiger partial charge >= 0.3 is 5.97 Å². The highest BCUT2D eigenvalue weighted by molar-refractivity contribution is 5.93. The molecule has 0 radical (unpaired) electrons. The smallest absolute Gasteiger partial charge is 0.352 e. The number of nitrogens with one attached hydrogen (secondary N) is 2. The number of hydrogen-bond acceptors (Lipinski definition) is 6. The zero-order chi connectivity index (χ0) is 20.4. The second kappa shape index (κ2) is 8.12. The van der Waals surface area contributed by atoms with E-state index in [9.17, 15) is 15.0 Å². The summed E-state index contributed by atoms with van der Waals surface area (Å²) in [5.41, 5.74) is 2.27. The number of benzene rings is 1. The topological polar surface area (TPSA) is 113 Å². The van der Waals surface area contributed by atoms with Crippen LogP contribution in [0.1, 0.15) is 40.7 Å². The Kier molecular flexibility index (Phi) is 5.81. The van der Waals surface area contributed by atoms with Gasteiger partial charge in [0.25, 0.3) is 0 Å². The lowest BCUT2D eigenvalue weighted by Crippen LogP contribution is -2.09. The van der Waals surface area contributed by atoms with Crippen LogP contribution in [0, 0.1) is 5.92 Å². The first-order valence-corrected chi connectivity index (χ1v) is 9.08. The molecule has 1 saturated carbocycles. The number of methoxy groups -OCH3 is 3. The van der Waals surface area contributed by atoms with Crippen molar-refractivity contribution in [3.8, 4) is 28.4 Å². The standard InChI is InChI=1S/C20H26N2O6/c1-21-9-12-14(11-7-8-13(26-2)19(28-4)18(11)27-3)15(16(22-12)20(24)25)17(23)10-5-6-10/h7-8,10,17,21-23H,5-6,9H2,1-4H3,(H,24,25). The maximum absolute atomic E-state index is 11.9. The Bertz CT molecular complexity index is 872. The molecule has 1 heterocycles. The zero-order valence-electron chi connectivity index (χ0n) is 16.5. The molecule has 1 atom stereocenters. The van der Waals surface area contributed by atoms with E-state index in [0.29, 0.717) is 46.2 Å². The van der Waals surface area contributed by atoms with Crippen LogP contribution < -0.4 is 19.5 Å². The van der Waals surface area contributed by atoms with E-state index < -0.39 is 12.1 Å². The van der Waals surface area contributed by atoms with Gasteiger partial charge in [0.1, 0.15) is 5.69 Å². The molecule has 2 aromatic rings. The molecule has 0 bridgehead atoms. The van der Waals surface area contributed by atoms with Crippen molar-refractivity contribution in [2.75, 3.05) is 28.4 Å².